The van der Waals surface area contributed by atoms with Crippen LogP contribution in [0.15, 0.2) is 24.3 Å². The van der Waals surface area contributed by atoms with E-state index in [9.17, 15) is 0 Å². The molecule has 1 aromatic carbocycles. The van der Waals surface area contributed by atoms with Gasteiger partial charge in [0.15, 0.2) is 0 Å². The molecule has 0 radical (unpaired) electrons. The molecule has 1 N–H and O–H groups in total. The monoisotopic (exact) mass is 279 g/mol. The van der Waals surface area contributed by atoms with Crippen LogP contribution in [0.3, 0.4) is 0 Å². The maximum absolute atomic E-state index is 5.86. The maximum atomic E-state index is 5.86. The topological polar surface area (TPSA) is 30.5 Å². The number of hydrogen-bond acceptors (Lipinski definition) is 3. The summed E-state index contributed by atoms with van der Waals surface area (Å²) in [6, 6.07) is 8.53. The zero-order valence-corrected chi connectivity index (χ0v) is 13.5. The fourth-order valence-corrected chi connectivity index (χ4v) is 1.95. The van der Waals surface area contributed by atoms with Crippen molar-refractivity contribution < 1.29 is 9.47 Å². The highest BCUT2D eigenvalue weighted by atomic mass is 16.5. The molecule has 1 rings (SSSR count). The Kier molecular flexibility index (Phi) is 7.63. The zero-order chi connectivity index (χ0) is 15.0. The van der Waals surface area contributed by atoms with Crippen LogP contribution in [0, 0.1) is 0 Å². The van der Waals surface area contributed by atoms with E-state index in [-0.39, 0.29) is 12.1 Å². The molecule has 0 aliphatic carbocycles. The fraction of sp³-hybridized carbons (Fsp3) is 0.647. The van der Waals surface area contributed by atoms with Gasteiger partial charge in [-0.3, -0.25) is 0 Å². The number of hydrogen-bond donors (Lipinski definition) is 1. The average molecular weight is 279 g/mol. The Bertz CT molecular complexity index is 362. The van der Waals surface area contributed by atoms with Crippen molar-refractivity contribution >= 4 is 0 Å². The van der Waals surface area contributed by atoms with E-state index in [0.717, 1.165) is 18.7 Å². The molecule has 0 aliphatic rings. The van der Waals surface area contributed by atoms with Crippen LogP contribution < -0.4 is 10.1 Å². The molecule has 0 aromatic heterocycles. The highest BCUT2D eigenvalue weighted by Crippen LogP contribution is 2.19. The minimum Gasteiger partial charge on any atom is -0.491 e. The van der Waals surface area contributed by atoms with Crippen LogP contribution in [0.1, 0.15) is 52.6 Å². The Morgan fingerprint density at radius 3 is 2.20 bits per heavy atom. The summed E-state index contributed by atoms with van der Waals surface area (Å²) in [5.41, 5.74) is 1.24. The van der Waals surface area contributed by atoms with Crippen LogP contribution in [-0.2, 0) is 4.74 Å². The summed E-state index contributed by atoms with van der Waals surface area (Å²) in [5, 5.41) is 3.47. The average Bonchev–Trinajstić information content (AvgIpc) is 2.43. The Labute approximate surface area is 123 Å². The molecule has 114 valence electrons. The molecule has 3 nitrogen and oxygen atoms in total. The molecule has 0 saturated carbocycles. The van der Waals surface area contributed by atoms with E-state index >= 15 is 0 Å². The van der Waals surface area contributed by atoms with Gasteiger partial charge >= 0.3 is 0 Å². The highest BCUT2D eigenvalue weighted by molar-refractivity contribution is 5.29. The van der Waals surface area contributed by atoms with Crippen LogP contribution in [-0.4, -0.2) is 25.4 Å². The van der Waals surface area contributed by atoms with Gasteiger partial charge in [0, 0.05) is 0 Å². The smallest absolute Gasteiger partial charge is 0.119 e. The number of ether oxygens (including phenoxy) is 2. The quantitative estimate of drug-likeness (QED) is 0.742. The van der Waals surface area contributed by atoms with Gasteiger partial charge in [-0.1, -0.05) is 26.0 Å². The van der Waals surface area contributed by atoms with Gasteiger partial charge in [0.25, 0.3) is 0 Å². The van der Waals surface area contributed by atoms with Gasteiger partial charge in [0.1, 0.15) is 5.75 Å². The molecular formula is C17H29NO2. The first kappa shape index (κ1) is 17.0. The van der Waals surface area contributed by atoms with E-state index in [1.807, 2.05) is 26.0 Å². The highest BCUT2D eigenvalue weighted by Gasteiger charge is 2.12. The maximum Gasteiger partial charge on any atom is 0.119 e. The summed E-state index contributed by atoms with van der Waals surface area (Å²) >= 11 is 0. The van der Waals surface area contributed by atoms with Crippen molar-refractivity contribution in [2.75, 3.05) is 13.2 Å². The zero-order valence-electron chi connectivity index (χ0n) is 13.5. The normalized spacial score (nSPS) is 14.3. The van der Waals surface area contributed by atoms with Gasteiger partial charge in [-0.05, 0) is 51.4 Å². The second-order valence-electron chi connectivity index (χ2n) is 5.40. The van der Waals surface area contributed by atoms with E-state index in [2.05, 4.69) is 38.2 Å². The first-order valence-electron chi connectivity index (χ1n) is 7.68. The van der Waals surface area contributed by atoms with Gasteiger partial charge < -0.3 is 14.8 Å². The molecule has 20 heavy (non-hydrogen) atoms. The fourth-order valence-electron chi connectivity index (χ4n) is 1.95. The van der Waals surface area contributed by atoms with E-state index in [1.165, 1.54) is 5.56 Å². The van der Waals surface area contributed by atoms with Gasteiger partial charge in [0.2, 0.25) is 0 Å². The molecule has 2 atom stereocenters. The van der Waals surface area contributed by atoms with Gasteiger partial charge in [-0.25, -0.2) is 0 Å². The second-order valence-corrected chi connectivity index (χ2v) is 5.40. The number of likely N-dealkylation sites (N-methyl/N-ethyl adjacent to an activating group) is 1. The first-order valence-corrected chi connectivity index (χ1v) is 7.68. The lowest BCUT2D eigenvalue weighted by Crippen LogP contribution is -2.27. The van der Waals surface area contributed by atoms with Crippen molar-refractivity contribution in [1.29, 1.82) is 0 Å². The van der Waals surface area contributed by atoms with E-state index in [1.54, 1.807) is 0 Å². The van der Waals surface area contributed by atoms with E-state index < -0.39 is 0 Å². The summed E-state index contributed by atoms with van der Waals surface area (Å²) in [6.45, 7) is 12.1. The summed E-state index contributed by atoms with van der Waals surface area (Å²) in [4.78, 5) is 0. The number of benzene rings is 1. The molecule has 0 fully saturated rings. The Morgan fingerprint density at radius 2 is 1.70 bits per heavy atom. The largest absolute Gasteiger partial charge is 0.491 e. The predicted molar refractivity (Wildman–Crippen MR) is 84.3 cm³/mol. The van der Waals surface area contributed by atoms with Crippen LogP contribution >= 0.6 is 0 Å². The molecule has 0 bridgehead atoms. The molecule has 3 heteroatoms. The molecule has 0 amide bonds. The molecule has 0 heterocycles. The summed E-state index contributed by atoms with van der Waals surface area (Å²) < 4.78 is 11.5. The second kappa shape index (κ2) is 8.98. The SMILES string of the molecule is CCNC(COC(C)CC)c1ccc(OC(C)C)cc1. The van der Waals surface area contributed by atoms with Crippen molar-refractivity contribution in [2.24, 2.45) is 0 Å². The molecule has 0 spiro atoms. The summed E-state index contributed by atoms with van der Waals surface area (Å²) in [5.74, 6) is 0.918. The minimum absolute atomic E-state index is 0.208. The minimum atomic E-state index is 0.208. The molecule has 0 aliphatic heterocycles. The Hall–Kier alpha value is -1.06. The van der Waals surface area contributed by atoms with Crippen LogP contribution in [0.2, 0.25) is 0 Å². The van der Waals surface area contributed by atoms with Gasteiger partial charge in [-0.2, -0.15) is 0 Å². The van der Waals surface area contributed by atoms with Crippen LogP contribution in [0.25, 0.3) is 0 Å². The number of nitrogens with one attached hydrogen (secondary N) is 1. The van der Waals surface area contributed by atoms with Crippen molar-refractivity contribution in [3.8, 4) is 5.75 Å². The van der Waals surface area contributed by atoms with Gasteiger partial charge in [-0.15, -0.1) is 0 Å². The Balaban J connectivity index is 2.65. The van der Waals surface area contributed by atoms with E-state index in [0.29, 0.717) is 12.7 Å². The summed E-state index contributed by atoms with van der Waals surface area (Å²) in [7, 11) is 0. The standard InChI is InChI=1S/C17H29NO2/c1-6-14(5)19-12-17(18-7-2)15-8-10-16(11-9-15)20-13(3)4/h8-11,13-14,17-18H,6-7,12H2,1-5H3. The van der Waals surface area contributed by atoms with E-state index in [4.69, 9.17) is 9.47 Å². The van der Waals surface area contributed by atoms with Crippen LogP contribution in [0.4, 0.5) is 0 Å². The lowest BCUT2D eigenvalue weighted by Gasteiger charge is -2.21. The lowest BCUT2D eigenvalue weighted by atomic mass is 10.1. The summed E-state index contributed by atoms with van der Waals surface area (Å²) in [6.07, 6.45) is 1.55. The Morgan fingerprint density at radius 1 is 1.05 bits per heavy atom. The van der Waals surface area contributed by atoms with Crippen molar-refractivity contribution in [3.63, 3.8) is 0 Å². The van der Waals surface area contributed by atoms with Crippen molar-refractivity contribution in [3.05, 3.63) is 29.8 Å². The van der Waals surface area contributed by atoms with Crippen molar-refractivity contribution in [1.82, 2.24) is 5.32 Å². The number of rotatable bonds is 9. The van der Waals surface area contributed by atoms with Gasteiger partial charge in [0.05, 0.1) is 24.9 Å². The lowest BCUT2D eigenvalue weighted by molar-refractivity contribution is 0.0476. The third-order valence-electron chi connectivity index (χ3n) is 3.23. The first-order chi connectivity index (χ1) is 9.56. The third kappa shape index (κ3) is 5.93. The molecule has 2 unspecified atom stereocenters. The molecule has 1 aromatic rings. The third-order valence-corrected chi connectivity index (χ3v) is 3.23. The molecular weight excluding hydrogens is 250 g/mol. The molecule has 0 saturated heterocycles. The van der Waals surface area contributed by atoms with Crippen molar-refractivity contribution in [2.45, 2.75) is 59.3 Å². The predicted octanol–water partition coefficient (Wildman–Crippen LogP) is 3.94. The van der Waals surface area contributed by atoms with Crippen LogP contribution in [0.5, 0.6) is 5.75 Å².